The van der Waals surface area contributed by atoms with Crippen molar-refractivity contribution >= 4 is 40.0 Å². The smallest absolute Gasteiger partial charge is 0.258 e. The Balaban J connectivity index is 1.66. The molecule has 0 aliphatic rings. The second-order valence-electron chi connectivity index (χ2n) is 5.58. The van der Waals surface area contributed by atoms with Crippen LogP contribution in [0.5, 0.6) is 0 Å². The molecule has 4 aromatic rings. The van der Waals surface area contributed by atoms with E-state index in [0.29, 0.717) is 16.4 Å². The predicted octanol–water partition coefficient (Wildman–Crippen LogP) is 4.01. The number of hydrogen-bond donors (Lipinski definition) is 0. The van der Waals surface area contributed by atoms with Crippen molar-refractivity contribution in [3.8, 4) is 0 Å². The highest BCUT2D eigenvalue weighted by Crippen LogP contribution is 2.26. The van der Waals surface area contributed by atoms with Crippen LogP contribution in [0.25, 0.3) is 16.7 Å². The summed E-state index contributed by atoms with van der Waals surface area (Å²) < 4.78 is 3.63. The lowest BCUT2D eigenvalue weighted by atomic mass is 10.3. The molecule has 0 N–H and O–H groups in total. The first-order valence-corrected chi connectivity index (χ1v) is 9.28. The van der Waals surface area contributed by atoms with Gasteiger partial charge in [0.05, 0.1) is 21.7 Å². The number of thioether (sulfide) groups is 1. The van der Waals surface area contributed by atoms with Crippen LogP contribution >= 0.6 is 23.4 Å². The van der Waals surface area contributed by atoms with Crippen LogP contribution in [0.2, 0.25) is 5.02 Å². The maximum Gasteiger partial charge on any atom is 0.258 e. The van der Waals surface area contributed by atoms with Crippen molar-refractivity contribution < 1.29 is 0 Å². The summed E-state index contributed by atoms with van der Waals surface area (Å²) in [5.41, 5.74) is 3.29. The standard InChI is InChI=1S/C18H15ClN4OS/c1-2-22-15-6-4-3-5-14(15)21-18(22)25-11-13-9-17(24)23-10-12(19)7-8-16(23)20-13/h3-10H,2,11H2,1H3. The van der Waals surface area contributed by atoms with Crippen LogP contribution in [0, 0.1) is 0 Å². The summed E-state index contributed by atoms with van der Waals surface area (Å²) in [6, 6.07) is 13.1. The average Bonchev–Trinajstić information content (AvgIpc) is 2.98. The fourth-order valence-electron chi connectivity index (χ4n) is 2.81. The quantitative estimate of drug-likeness (QED) is 0.509. The van der Waals surface area contributed by atoms with Crippen molar-refractivity contribution in [1.29, 1.82) is 0 Å². The highest BCUT2D eigenvalue weighted by atomic mass is 35.5. The van der Waals surface area contributed by atoms with Gasteiger partial charge in [-0.3, -0.25) is 9.20 Å². The zero-order chi connectivity index (χ0) is 17.4. The zero-order valence-electron chi connectivity index (χ0n) is 13.5. The number of rotatable bonds is 4. The molecule has 126 valence electrons. The van der Waals surface area contributed by atoms with Crippen molar-refractivity contribution in [3.05, 3.63) is 69.7 Å². The van der Waals surface area contributed by atoms with Gasteiger partial charge in [-0.25, -0.2) is 9.97 Å². The molecule has 0 fully saturated rings. The largest absolute Gasteiger partial charge is 0.319 e. The van der Waals surface area contributed by atoms with E-state index in [-0.39, 0.29) is 5.56 Å². The first kappa shape index (κ1) is 16.2. The topological polar surface area (TPSA) is 52.2 Å². The van der Waals surface area contributed by atoms with Gasteiger partial charge in [0.25, 0.3) is 5.56 Å². The third-order valence-corrected chi connectivity index (χ3v) is 5.20. The second-order valence-corrected chi connectivity index (χ2v) is 6.96. The third kappa shape index (κ3) is 3.03. The molecule has 0 amide bonds. The van der Waals surface area contributed by atoms with Gasteiger partial charge in [0, 0.05) is 24.6 Å². The lowest BCUT2D eigenvalue weighted by Gasteiger charge is -2.06. The molecule has 25 heavy (non-hydrogen) atoms. The predicted molar refractivity (Wildman–Crippen MR) is 101 cm³/mol. The minimum absolute atomic E-state index is 0.132. The van der Waals surface area contributed by atoms with E-state index in [1.165, 1.54) is 4.40 Å². The van der Waals surface area contributed by atoms with Crippen molar-refractivity contribution in [2.24, 2.45) is 0 Å². The number of benzene rings is 1. The van der Waals surface area contributed by atoms with Gasteiger partial charge in [-0.15, -0.1) is 0 Å². The SMILES string of the molecule is CCn1c(SCc2cc(=O)n3cc(Cl)ccc3n2)nc2ccccc21. The summed E-state index contributed by atoms with van der Waals surface area (Å²) in [5, 5.41) is 1.44. The lowest BCUT2D eigenvalue weighted by Crippen LogP contribution is -2.15. The molecule has 4 rings (SSSR count). The lowest BCUT2D eigenvalue weighted by molar-refractivity contribution is 0.702. The number of aryl methyl sites for hydroxylation is 1. The van der Waals surface area contributed by atoms with E-state index in [2.05, 4.69) is 22.5 Å². The molecule has 0 unspecified atom stereocenters. The highest BCUT2D eigenvalue weighted by Gasteiger charge is 2.11. The molecule has 7 heteroatoms. The third-order valence-electron chi connectivity index (χ3n) is 3.96. The van der Waals surface area contributed by atoms with E-state index in [1.807, 2.05) is 18.2 Å². The summed E-state index contributed by atoms with van der Waals surface area (Å²) in [7, 11) is 0. The molecule has 3 heterocycles. The van der Waals surface area contributed by atoms with E-state index in [0.717, 1.165) is 28.4 Å². The summed E-state index contributed by atoms with van der Waals surface area (Å²) >= 11 is 7.53. The van der Waals surface area contributed by atoms with Crippen molar-refractivity contribution in [2.75, 3.05) is 0 Å². The molecule has 5 nitrogen and oxygen atoms in total. The maximum absolute atomic E-state index is 12.3. The Morgan fingerprint density at radius 2 is 2.00 bits per heavy atom. The molecule has 1 aromatic carbocycles. The van der Waals surface area contributed by atoms with Crippen molar-refractivity contribution in [3.63, 3.8) is 0 Å². The van der Waals surface area contributed by atoms with Crippen LogP contribution in [0.4, 0.5) is 0 Å². The molecular weight excluding hydrogens is 356 g/mol. The molecule has 0 radical (unpaired) electrons. The Hall–Kier alpha value is -2.31. The van der Waals surface area contributed by atoms with E-state index in [4.69, 9.17) is 16.6 Å². The highest BCUT2D eigenvalue weighted by molar-refractivity contribution is 7.98. The molecule has 0 saturated heterocycles. The van der Waals surface area contributed by atoms with Gasteiger partial charge in [-0.1, -0.05) is 35.5 Å². The van der Waals surface area contributed by atoms with Crippen LogP contribution in [0.3, 0.4) is 0 Å². The fourth-order valence-corrected chi connectivity index (χ4v) is 3.94. The van der Waals surface area contributed by atoms with Crippen molar-refractivity contribution in [2.45, 2.75) is 24.4 Å². The van der Waals surface area contributed by atoms with Crippen LogP contribution < -0.4 is 5.56 Å². The normalized spacial score (nSPS) is 11.4. The van der Waals surface area contributed by atoms with Crippen molar-refractivity contribution in [1.82, 2.24) is 18.9 Å². The Bertz CT molecular complexity index is 1140. The Morgan fingerprint density at radius 1 is 1.16 bits per heavy atom. The minimum Gasteiger partial charge on any atom is -0.319 e. The Kier molecular flexibility index (Phi) is 4.23. The van der Waals surface area contributed by atoms with Gasteiger partial charge in [0.1, 0.15) is 5.65 Å². The second kappa shape index (κ2) is 6.54. The number of hydrogen-bond acceptors (Lipinski definition) is 4. The van der Waals surface area contributed by atoms with Gasteiger partial charge in [0.15, 0.2) is 5.16 Å². The first-order valence-electron chi connectivity index (χ1n) is 7.91. The summed E-state index contributed by atoms with van der Waals surface area (Å²) in [4.78, 5) is 21.5. The fraction of sp³-hybridized carbons (Fsp3) is 0.167. The van der Waals surface area contributed by atoms with E-state index in [1.54, 1.807) is 36.2 Å². The van der Waals surface area contributed by atoms with Gasteiger partial charge in [0.2, 0.25) is 0 Å². The van der Waals surface area contributed by atoms with Crippen LogP contribution in [0.1, 0.15) is 12.6 Å². The Labute approximate surface area is 153 Å². The van der Waals surface area contributed by atoms with Gasteiger partial charge >= 0.3 is 0 Å². The molecule has 3 aromatic heterocycles. The van der Waals surface area contributed by atoms with Gasteiger partial charge in [-0.05, 0) is 31.2 Å². The average molecular weight is 371 g/mol. The van der Waals surface area contributed by atoms with E-state index in [9.17, 15) is 4.79 Å². The number of halogens is 1. The molecule has 0 aliphatic heterocycles. The van der Waals surface area contributed by atoms with Crippen LogP contribution in [0.15, 0.2) is 58.6 Å². The number of aromatic nitrogens is 4. The maximum atomic E-state index is 12.3. The van der Waals surface area contributed by atoms with E-state index < -0.39 is 0 Å². The molecule has 0 spiro atoms. The minimum atomic E-state index is -0.132. The number of nitrogens with zero attached hydrogens (tertiary/aromatic N) is 4. The summed E-state index contributed by atoms with van der Waals surface area (Å²) in [5.74, 6) is 0.581. The summed E-state index contributed by atoms with van der Waals surface area (Å²) in [6.07, 6.45) is 1.58. The van der Waals surface area contributed by atoms with Crippen LogP contribution in [-0.2, 0) is 12.3 Å². The van der Waals surface area contributed by atoms with Gasteiger partial charge in [-0.2, -0.15) is 0 Å². The number of imidazole rings is 1. The Morgan fingerprint density at radius 3 is 2.84 bits per heavy atom. The zero-order valence-corrected chi connectivity index (χ0v) is 15.1. The van der Waals surface area contributed by atoms with E-state index >= 15 is 0 Å². The monoisotopic (exact) mass is 370 g/mol. The molecule has 0 atom stereocenters. The molecular formula is C18H15ClN4OS. The van der Waals surface area contributed by atoms with Crippen LogP contribution in [-0.4, -0.2) is 18.9 Å². The summed E-state index contributed by atoms with van der Waals surface area (Å²) in [6.45, 7) is 2.94. The molecule has 0 aliphatic carbocycles. The van der Waals surface area contributed by atoms with Gasteiger partial charge < -0.3 is 4.57 Å². The molecule has 0 bridgehead atoms. The number of pyridine rings is 1. The number of para-hydroxylation sites is 2. The molecule has 0 saturated carbocycles. The number of fused-ring (bicyclic) bond motifs is 2. The first-order chi connectivity index (χ1) is 12.2.